The van der Waals surface area contributed by atoms with Crippen LogP contribution in [0.3, 0.4) is 0 Å². The van der Waals surface area contributed by atoms with E-state index in [9.17, 15) is 4.79 Å². The molecule has 0 saturated carbocycles. The van der Waals surface area contributed by atoms with Crippen molar-refractivity contribution in [1.29, 1.82) is 0 Å². The minimum absolute atomic E-state index is 0.0440. The molecule has 0 radical (unpaired) electrons. The number of nitrogens with one attached hydrogen (secondary N) is 1. The van der Waals surface area contributed by atoms with E-state index in [2.05, 4.69) is 20.1 Å². The first-order valence-corrected chi connectivity index (χ1v) is 10.0. The van der Waals surface area contributed by atoms with Crippen LogP contribution in [0.25, 0.3) is 21.3 Å². The second-order valence-electron chi connectivity index (χ2n) is 6.83. The summed E-state index contributed by atoms with van der Waals surface area (Å²) in [7, 11) is 0. The van der Waals surface area contributed by atoms with Crippen LogP contribution in [0.5, 0.6) is 0 Å². The van der Waals surface area contributed by atoms with Crippen LogP contribution in [0.15, 0.2) is 59.5 Å². The number of anilines is 2. The first-order valence-electron chi connectivity index (χ1n) is 9.25. The van der Waals surface area contributed by atoms with Gasteiger partial charge in [-0.1, -0.05) is 35.3 Å². The largest absolute Gasteiger partial charge is 0.371 e. The summed E-state index contributed by atoms with van der Waals surface area (Å²) < 4.78 is 1.57. The van der Waals surface area contributed by atoms with Gasteiger partial charge in [0.2, 0.25) is 11.6 Å². The van der Waals surface area contributed by atoms with Crippen molar-refractivity contribution in [3.05, 3.63) is 92.2 Å². The van der Waals surface area contributed by atoms with Crippen LogP contribution in [0.2, 0.25) is 10.0 Å². The van der Waals surface area contributed by atoms with E-state index in [4.69, 9.17) is 35.5 Å². The molecule has 0 spiro atoms. The lowest BCUT2D eigenvalue weighted by Gasteiger charge is -2.22. The summed E-state index contributed by atoms with van der Waals surface area (Å²) in [6.07, 6.45) is 1.36. The highest BCUT2D eigenvalue weighted by atomic mass is 35.5. The third-order valence-corrected chi connectivity index (χ3v) is 5.38. The number of nitrogens with zero attached hydrogens (tertiary/aromatic N) is 4. The van der Waals surface area contributed by atoms with Crippen LogP contribution in [0, 0.1) is 6.57 Å². The number of fused-ring (bicyclic) bond motifs is 1. The lowest BCUT2D eigenvalue weighted by molar-refractivity contribution is 0.774. The van der Waals surface area contributed by atoms with Gasteiger partial charge in [0, 0.05) is 22.6 Å². The molecule has 4 aromatic rings. The molecule has 0 amide bonds. The van der Waals surface area contributed by atoms with Gasteiger partial charge in [0.15, 0.2) is 0 Å². The number of hydrogen-bond acceptors (Lipinski definition) is 5. The summed E-state index contributed by atoms with van der Waals surface area (Å²) in [5.41, 5.74) is 6.94. The van der Waals surface area contributed by atoms with Crippen molar-refractivity contribution in [2.75, 3.05) is 11.1 Å². The molecule has 9 heteroatoms. The molecular weight excluding hydrogens is 435 g/mol. The van der Waals surface area contributed by atoms with Crippen molar-refractivity contribution in [3.63, 3.8) is 0 Å². The maximum Gasteiger partial charge on any atom is 0.264 e. The first-order chi connectivity index (χ1) is 14.9. The van der Waals surface area contributed by atoms with Crippen molar-refractivity contribution in [3.8, 4) is 5.69 Å². The minimum Gasteiger partial charge on any atom is -0.371 e. The van der Waals surface area contributed by atoms with E-state index in [0.717, 1.165) is 0 Å². The lowest BCUT2D eigenvalue weighted by Crippen LogP contribution is -2.26. The van der Waals surface area contributed by atoms with Gasteiger partial charge in [-0.2, -0.15) is 0 Å². The Labute approximate surface area is 187 Å². The Morgan fingerprint density at radius 3 is 2.65 bits per heavy atom. The van der Waals surface area contributed by atoms with Gasteiger partial charge >= 0.3 is 0 Å². The van der Waals surface area contributed by atoms with Gasteiger partial charge in [0.25, 0.3) is 5.56 Å². The number of aromatic nitrogens is 3. The van der Waals surface area contributed by atoms with Crippen LogP contribution in [0.4, 0.5) is 17.5 Å². The fraction of sp³-hybridized carbons (Fsp3) is 0.0909. The molecule has 2 aromatic heterocycles. The molecule has 0 fully saturated rings. The fourth-order valence-corrected chi connectivity index (χ4v) is 3.76. The number of hydrogen-bond donors (Lipinski definition) is 2. The standard InChI is InChI=1S/C22H16Cl2N6O/c1-12(28-20-17(26-2)11-27-22(25)29-20)18-10-13-4-3-5-16(24)19(13)21(31)30(18)15-8-6-14(23)7-9-15/h3-12H,1H3,(H3,25,27,28,29)/t12-/m0/s1. The summed E-state index contributed by atoms with van der Waals surface area (Å²) in [6.45, 7) is 9.21. The Morgan fingerprint density at radius 2 is 1.94 bits per heavy atom. The Morgan fingerprint density at radius 1 is 1.19 bits per heavy atom. The number of rotatable bonds is 4. The molecule has 0 aliphatic heterocycles. The molecule has 3 N–H and O–H groups in total. The molecule has 0 unspecified atom stereocenters. The molecule has 4 rings (SSSR count). The molecule has 7 nitrogen and oxygen atoms in total. The Kier molecular flexibility index (Phi) is 5.51. The quantitative estimate of drug-likeness (QED) is 0.406. The van der Waals surface area contributed by atoms with Crippen LogP contribution in [-0.4, -0.2) is 14.5 Å². The first kappa shape index (κ1) is 20.7. The zero-order chi connectivity index (χ0) is 22.1. The Hall–Kier alpha value is -3.60. The van der Waals surface area contributed by atoms with E-state index >= 15 is 0 Å². The van der Waals surface area contributed by atoms with Crippen LogP contribution in [-0.2, 0) is 0 Å². The molecule has 1 atom stereocenters. The summed E-state index contributed by atoms with van der Waals surface area (Å²) in [4.78, 5) is 24.9. The van der Waals surface area contributed by atoms with Gasteiger partial charge in [0.05, 0.1) is 23.0 Å². The monoisotopic (exact) mass is 450 g/mol. The number of pyridine rings is 1. The molecule has 2 heterocycles. The van der Waals surface area contributed by atoms with E-state index < -0.39 is 6.04 Å². The minimum atomic E-state index is -0.415. The van der Waals surface area contributed by atoms with Crippen molar-refractivity contribution in [2.45, 2.75) is 13.0 Å². The molecule has 0 aliphatic carbocycles. The summed E-state index contributed by atoms with van der Waals surface area (Å²) in [5, 5.41) is 5.24. The SMILES string of the molecule is [C-]#[N+]c1cnc(N)nc1N[C@@H](C)c1cc2cccc(Cl)c2c(=O)n1-c1ccc(Cl)cc1. The van der Waals surface area contributed by atoms with E-state index in [1.54, 1.807) is 41.0 Å². The highest BCUT2D eigenvalue weighted by molar-refractivity contribution is 6.35. The maximum atomic E-state index is 13.5. The third-order valence-electron chi connectivity index (χ3n) is 4.81. The molecule has 0 saturated heterocycles. The second kappa shape index (κ2) is 8.26. The predicted molar refractivity (Wildman–Crippen MR) is 124 cm³/mol. The van der Waals surface area contributed by atoms with Gasteiger partial charge in [-0.25, -0.2) is 14.8 Å². The molecular formula is C22H16Cl2N6O. The molecule has 0 bridgehead atoms. The summed E-state index contributed by atoms with van der Waals surface area (Å²) in [5.74, 6) is 0.332. The number of nitrogens with two attached hydrogens (primary N) is 1. The highest BCUT2D eigenvalue weighted by Gasteiger charge is 2.19. The van der Waals surface area contributed by atoms with Crippen molar-refractivity contribution in [1.82, 2.24) is 14.5 Å². The zero-order valence-corrected chi connectivity index (χ0v) is 17.8. The fourth-order valence-electron chi connectivity index (χ4n) is 3.37. The summed E-state index contributed by atoms with van der Waals surface area (Å²) >= 11 is 12.4. The Balaban J connectivity index is 1.93. The molecule has 2 aromatic carbocycles. The van der Waals surface area contributed by atoms with E-state index in [0.29, 0.717) is 32.2 Å². The number of benzene rings is 2. The second-order valence-corrected chi connectivity index (χ2v) is 7.67. The zero-order valence-electron chi connectivity index (χ0n) is 16.3. The van der Waals surface area contributed by atoms with E-state index in [1.807, 2.05) is 19.1 Å². The summed E-state index contributed by atoms with van der Waals surface area (Å²) in [6, 6.07) is 13.7. The van der Waals surface area contributed by atoms with Gasteiger partial charge in [0.1, 0.15) is 5.82 Å². The van der Waals surface area contributed by atoms with Crippen LogP contribution in [0.1, 0.15) is 18.7 Å². The number of nitrogen functional groups attached to an aromatic ring is 1. The molecule has 0 aliphatic rings. The molecule has 154 valence electrons. The maximum absolute atomic E-state index is 13.5. The van der Waals surface area contributed by atoms with Gasteiger partial charge in [-0.15, -0.1) is 0 Å². The van der Waals surface area contributed by atoms with E-state index in [-0.39, 0.29) is 23.0 Å². The third kappa shape index (κ3) is 3.91. The number of halogens is 2. The Bertz CT molecular complexity index is 1390. The topological polar surface area (TPSA) is 90.2 Å². The highest BCUT2D eigenvalue weighted by Crippen LogP contribution is 2.30. The normalized spacial score (nSPS) is 11.8. The van der Waals surface area contributed by atoms with Crippen LogP contribution < -0.4 is 16.6 Å². The van der Waals surface area contributed by atoms with Crippen molar-refractivity contribution < 1.29 is 0 Å². The van der Waals surface area contributed by atoms with Gasteiger partial charge in [-0.05, 0) is 48.7 Å². The van der Waals surface area contributed by atoms with Crippen molar-refractivity contribution in [2.24, 2.45) is 0 Å². The molecule has 31 heavy (non-hydrogen) atoms. The van der Waals surface area contributed by atoms with Crippen molar-refractivity contribution >= 4 is 51.4 Å². The van der Waals surface area contributed by atoms with Gasteiger partial charge in [-0.3, -0.25) is 9.36 Å². The predicted octanol–water partition coefficient (Wildman–Crippen LogP) is 5.39. The smallest absolute Gasteiger partial charge is 0.264 e. The average molecular weight is 451 g/mol. The lowest BCUT2D eigenvalue weighted by atomic mass is 10.1. The van der Waals surface area contributed by atoms with Crippen LogP contribution >= 0.6 is 23.2 Å². The average Bonchev–Trinajstić information content (AvgIpc) is 2.74. The van der Waals surface area contributed by atoms with E-state index in [1.165, 1.54) is 6.20 Å². The van der Waals surface area contributed by atoms with Gasteiger partial charge < -0.3 is 11.1 Å².